The maximum atomic E-state index is 11.8. The first kappa shape index (κ1) is 10.4. The highest BCUT2D eigenvalue weighted by Crippen LogP contribution is 2.21. The van der Waals surface area contributed by atoms with Crippen molar-refractivity contribution in [3.63, 3.8) is 0 Å². The highest BCUT2D eigenvalue weighted by atomic mass is 16.2. The lowest BCUT2D eigenvalue weighted by molar-refractivity contribution is -0.139. The fourth-order valence-corrected chi connectivity index (χ4v) is 1.59. The Morgan fingerprint density at radius 1 is 1.00 bits per heavy atom. The van der Waals surface area contributed by atoms with Crippen molar-refractivity contribution in [2.45, 2.75) is 6.92 Å². The van der Waals surface area contributed by atoms with Crippen LogP contribution in [0.1, 0.15) is 6.92 Å². The molecule has 0 radical (unpaired) electrons. The van der Waals surface area contributed by atoms with E-state index in [1.165, 1.54) is 0 Å². The zero-order valence-corrected chi connectivity index (χ0v) is 8.71. The first-order valence-electron chi connectivity index (χ1n) is 4.91. The van der Waals surface area contributed by atoms with Crippen LogP contribution in [-0.4, -0.2) is 29.3 Å². The van der Waals surface area contributed by atoms with E-state index >= 15 is 0 Å². The highest BCUT2D eigenvalue weighted by Gasteiger charge is 2.44. The average molecular weight is 218 g/mol. The number of para-hydroxylation sites is 1. The summed E-state index contributed by atoms with van der Waals surface area (Å²) in [6.07, 6.45) is 0. The van der Waals surface area contributed by atoms with Crippen LogP contribution in [0.15, 0.2) is 30.3 Å². The monoisotopic (exact) mass is 218 g/mol. The average Bonchev–Trinajstić information content (AvgIpc) is 2.51. The van der Waals surface area contributed by atoms with Crippen molar-refractivity contribution in [1.29, 1.82) is 0 Å². The number of nitrogens with zero attached hydrogens (tertiary/aromatic N) is 2. The van der Waals surface area contributed by atoms with E-state index in [-0.39, 0.29) is 6.54 Å². The minimum Gasteiger partial charge on any atom is -0.263 e. The summed E-state index contributed by atoms with van der Waals surface area (Å²) in [5, 5.41) is 0. The Hall–Kier alpha value is -2.17. The molecule has 0 unspecified atom stereocenters. The van der Waals surface area contributed by atoms with Gasteiger partial charge in [0.05, 0.1) is 5.69 Å². The fraction of sp³-hybridized carbons (Fsp3) is 0.182. The van der Waals surface area contributed by atoms with E-state index in [9.17, 15) is 14.4 Å². The summed E-state index contributed by atoms with van der Waals surface area (Å²) < 4.78 is 0. The van der Waals surface area contributed by atoms with Gasteiger partial charge in [-0.05, 0) is 19.1 Å². The molecule has 0 saturated carbocycles. The van der Waals surface area contributed by atoms with Gasteiger partial charge in [0.1, 0.15) is 0 Å². The zero-order valence-electron chi connectivity index (χ0n) is 8.71. The Kier molecular flexibility index (Phi) is 2.44. The van der Waals surface area contributed by atoms with Crippen LogP contribution in [0.5, 0.6) is 0 Å². The van der Waals surface area contributed by atoms with Gasteiger partial charge in [-0.15, -0.1) is 0 Å². The summed E-state index contributed by atoms with van der Waals surface area (Å²) in [5.74, 6) is -1.56. The van der Waals surface area contributed by atoms with Crippen LogP contribution in [0, 0.1) is 0 Å². The molecule has 0 aromatic heterocycles. The summed E-state index contributed by atoms with van der Waals surface area (Å²) in [6.45, 7) is 1.85. The maximum Gasteiger partial charge on any atom is 0.338 e. The van der Waals surface area contributed by atoms with Gasteiger partial charge in [0.15, 0.2) is 0 Å². The first-order valence-corrected chi connectivity index (χ1v) is 4.91. The maximum absolute atomic E-state index is 11.8. The summed E-state index contributed by atoms with van der Waals surface area (Å²) in [4.78, 5) is 36.6. The molecule has 5 nitrogen and oxygen atoms in total. The Morgan fingerprint density at radius 2 is 1.62 bits per heavy atom. The number of hydrogen-bond donors (Lipinski definition) is 0. The molecule has 1 aromatic carbocycles. The minimum absolute atomic E-state index is 0.201. The van der Waals surface area contributed by atoms with E-state index < -0.39 is 17.8 Å². The Morgan fingerprint density at radius 3 is 2.12 bits per heavy atom. The molecule has 1 saturated heterocycles. The highest BCUT2D eigenvalue weighted by molar-refractivity contribution is 6.52. The van der Waals surface area contributed by atoms with Crippen LogP contribution in [0.4, 0.5) is 10.5 Å². The SMILES string of the molecule is CCN1C(=O)C(=O)N(c2ccccc2)C1=O. The number of hydrogen-bond acceptors (Lipinski definition) is 3. The van der Waals surface area contributed by atoms with Gasteiger partial charge < -0.3 is 0 Å². The third kappa shape index (κ3) is 1.37. The number of anilines is 1. The van der Waals surface area contributed by atoms with Gasteiger partial charge in [-0.2, -0.15) is 0 Å². The number of rotatable bonds is 2. The largest absolute Gasteiger partial charge is 0.338 e. The molecule has 1 heterocycles. The topological polar surface area (TPSA) is 57.7 Å². The number of imide groups is 2. The third-order valence-corrected chi connectivity index (χ3v) is 2.38. The number of carbonyl (C=O) groups excluding carboxylic acids is 3. The van der Waals surface area contributed by atoms with E-state index in [2.05, 4.69) is 0 Å². The molecule has 0 spiro atoms. The fourth-order valence-electron chi connectivity index (χ4n) is 1.59. The molecule has 1 aromatic rings. The number of benzene rings is 1. The molecular weight excluding hydrogens is 208 g/mol. The lowest BCUT2D eigenvalue weighted by atomic mass is 10.3. The second-order valence-electron chi connectivity index (χ2n) is 3.31. The predicted octanol–water partition coefficient (Wildman–Crippen LogP) is 1.00. The van der Waals surface area contributed by atoms with Crippen LogP contribution < -0.4 is 4.90 Å². The van der Waals surface area contributed by atoms with Crippen molar-refractivity contribution >= 4 is 23.5 Å². The van der Waals surface area contributed by atoms with E-state index in [1.54, 1.807) is 37.3 Å². The molecule has 1 aliphatic heterocycles. The molecule has 82 valence electrons. The van der Waals surface area contributed by atoms with Crippen molar-refractivity contribution in [1.82, 2.24) is 4.90 Å². The lowest BCUT2D eigenvalue weighted by Gasteiger charge is -2.13. The molecule has 0 aliphatic carbocycles. The molecule has 2 rings (SSSR count). The van der Waals surface area contributed by atoms with E-state index in [1.807, 2.05) is 0 Å². The van der Waals surface area contributed by atoms with Gasteiger partial charge in [0.2, 0.25) is 0 Å². The van der Waals surface area contributed by atoms with E-state index in [0.717, 1.165) is 9.80 Å². The predicted molar refractivity (Wildman–Crippen MR) is 56.7 cm³/mol. The Bertz CT molecular complexity index is 456. The molecule has 0 bridgehead atoms. The number of carbonyl (C=O) groups is 3. The number of likely N-dealkylation sites (N-methyl/N-ethyl adjacent to an activating group) is 1. The van der Waals surface area contributed by atoms with Gasteiger partial charge in [0.25, 0.3) is 0 Å². The minimum atomic E-state index is -0.793. The van der Waals surface area contributed by atoms with Gasteiger partial charge in [-0.3, -0.25) is 14.5 Å². The third-order valence-electron chi connectivity index (χ3n) is 2.38. The van der Waals surface area contributed by atoms with Crippen LogP contribution in [-0.2, 0) is 9.59 Å². The lowest BCUT2D eigenvalue weighted by Crippen LogP contribution is -2.33. The normalized spacial score (nSPS) is 16.2. The van der Waals surface area contributed by atoms with Crippen LogP contribution in [0.3, 0.4) is 0 Å². The van der Waals surface area contributed by atoms with Gasteiger partial charge in [0, 0.05) is 6.54 Å². The second-order valence-corrected chi connectivity index (χ2v) is 3.31. The van der Waals surface area contributed by atoms with Gasteiger partial charge in [-0.25, -0.2) is 9.69 Å². The zero-order chi connectivity index (χ0) is 11.7. The van der Waals surface area contributed by atoms with Crippen LogP contribution in [0.2, 0.25) is 0 Å². The molecule has 16 heavy (non-hydrogen) atoms. The van der Waals surface area contributed by atoms with Crippen molar-refractivity contribution in [2.75, 3.05) is 11.4 Å². The van der Waals surface area contributed by atoms with Crippen molar-refractivity contribution in [3.8, 4) is 0 Å². The molecule has 4 amide bonds. The summed E-state index contributed by atoms with van der Waals surface area (Å²) >= 11 is 0. The van der Waals surface area contributed by atoms with Crippen LogP contribution in [0.25, 0.3) is 0 Å². The van der Waals surface area contributed by atoms with Gasteiger partial charge in [-0.1, -0.05) is 18.2 Å². The number of amides is 4. The van der Waals surface area contributed by atoms with E-state index in [0.29, 0.717) is 5.69 Å². The number of urea groups is 1. The summed E-state index contributed by atoms with van der Waals surface area (Å²) in [6, 6.07) is 7.83. The Labute approximate surface area is 92.3 Å². The quantitative estimate of drug-likeness (QED) is 0.549. The first-order chi connectivity index (χ1) is 7.66. The van der Waals surface area contributed by atoms with Crippen molar-refractivity contribution in [3.05, 3.63) is 30.3 Å². The molecular formula is C11H10N2O3. The van der Waals surface area contributed by atoms with Crippen molar-refractivity contribution in [2.24, 2.45) is 0 Å². The van der Waals surface area contributed by atoms with Crippen molar-refractivity contribution < 1.29 is 14.4 Å². The molecule has 0 N–H and O–H groups in total. The van der Waals surface area contributed by atoms with E-state index in [4.69, 9.17) is 0 Å². The van der Waals surface area contributed by atoms with Gasteiger partial charge >= 0.3 is 17.8 Å². The summed E-state index contributed by atoms with van der Waals surface area (Å²) in [7, 11) is 0. The molecule has 5 heteroatoms. The molecule has 1 fully saturated rings. The molecule has 1 aliphatic rings. The smallest absolute Gasteiger partial charge is 0.263 e. The Balaban J connectivity index is 2.41. The van der Waals surface area contributed by atoms with Crippen LogP contribution >= 0.6 is 0 Å². The standard InChI is InChI=1S/C11H10N2O3/c1-2-12-9(14)10(15)13(11(12)16)8-6-4-3-5-7-8/h3-7H,2H2,1H3. The summed E-state index contributed by atoms with van der Waals surface area (Å²) in [5.41, 5.74) is 0.418. The molecule has 0 atom stereocenters. The second kappa shape index (κ2) is 3.77.